The van der Waals surface area contributed by atoms with Crippen LogP contribution in [0.4, 0.5) is 0 Å². The SMILES string of the molecule is CS(=O)(=O)CO. The Labute approximate surface area is 36.5 Å². The molecular formula is C2H6O3S. The molecule has 0 rings (SSSR count). The summed E-state index contributed by atoms with van der Waals surface area (Å²) in [5, 5.41) is 7.81. The van der Waals surface area contributed by atoms with Gasteiger partial charge in [-0.3, -0.25) is 0 Å². The van der Waals surface area contributed by atoms with Crippen molar-refractivity contribution in [1.29, 1.82) is 0 Å². The van der Waals surface area contributed by atoms with Gasteiger partial charge in [0.1, 0.15) is 5.94 Å². The van der Waals surface area contributed by atoms with Crippen molar-refractivity contribution in [3.05, 3.63) is 0 Å². The molecule has 3 nitrogen and oxygen atoms in total. The minimum atomic E-state index is -3.11. The van der Waals surface area contributed by atoms with E-state index in [1.807, 2.05) is 0 Å². The minimum Gasteiger partial charge on any atom is -0.380 e. The smallest absolute Gasteiger partial charge is 0.171 e. The van der Waals surface area contributed by atoms with Crippen LogP contribution in [0.25, 0.3) is 0 Å². The van der Waals surface area contributed by atoms with Gasteiger partial charge >= 0.3 is 0 Å². The Bertz CT molecular complexity index is 111. The van der Waals surface area contributed by atoms with E-state index in [4.69, 9.17) is 5.11 Å². The minimum absolute atomic E-state index is 0.757. The molecule has 0 radical (unpaired) electrons. The first kappa shape index (κ1) is 5.91. The van der Waals surface area contributed by atoms with Crippen LogP contribution >= 0.6 is 0 Å². The summed E-state index contributed by atoms with van der Waals surface area (Å²) in [5.74, 6) is -0.757. The van der Waals surface area contributed by atoms with E-state index in [2.05, 4.69) is 0 Å². The largest absolute Gasteiger partial charge is 0.380 e. The maximum atomic E-state index is 9.75. The van der Waals surface area contributed by atoms with Gasteiger partial charge in [-0.1, -0.05) is 0 Å². The van der Waals surface area contributed by atoms with Crippen LogP contribution in [-0.4, -0.2) is 25.7 Å². The van der Waals surface area contributed by atoms with Gasteiger partial charge in [0.15, 0.2) is 9.84 Å². The lowest BCUT2D eigenvalue weighted by Gasteiger charge is -1.80. The first-order chi connectivity index (χ1) is 2.56. The molecule has 4 heteroatoms. The monoisotopic (exact) mass is 110 g/mol. The van der Waals surface area contributed by atoms with E-state index >= 15 is 0 Å². The van der Waals surface area contributed by atoms with Crippen LogP contribution in [0.1, 0.15) is 0 Å². The van der Waals surface area contributed by atoms with Gasteiger partial charge in [-0.25, -0.2) is 8.42 Å². The maximum Gasteiger partial charge on any atom is 0.171 e. The average molecular weight is 110 g/mol. The van der Waals surface area contributed by atoms with Crippen molar-refractivity contribution in [2.24, 2.45) is 0 Å². The Morgan fingerprint density at radius 1 is 1.67 bits per heavy atom. The third-order valence-corrected chi connectivity index (χ3v) is 0.704. The molecule has 0 aliphatic rings. The molecule has 0 bridgehead atoms. The Morgan fingerprint density at radius 2 is 1.83 bits per heavy atom. The zero-order chi connectivity index (χ0) is 5.21. The highest BCUT2D eigenvalue weighted by Crippen LogP contribution is 1.72. The van der Waals surface area contributed by atoms with Gasteiger partial charge < -0.3 is 5.11 Å². The summed E-state index contributed by atoms with van der Waals surface area (Å²) in [4.78, 5) is 0. The molecule has 0 saturated heterocycles. The molecule has 0 aliphatic heterocycles. The van der Waals surface area contributed by atoms with Crippen LogP contribution in [0.3, 0.4) is 0 Å². The summed E-state index contributed by atoms with van der Waals surface area (Å²) in [6, 6.07) is 0. The molecule has 0 aromatic heterocycles. The number of hydrogen-bond acceptors (Lipinski definition) is 3. The fourth-order valence-corrected chi connectivity index (χ4v) is 0. The molecule has 1 N–H and O–H groups in total. The summed E-state index contributed by atoms with van der Waals surface area (Å²) in [5.41, 5.74) is 0. The predicted octanol–water partition coefficient (Wildman–Crippen LogP) is -1.02. The second kappa shape index (κ2) is 1.57. The molecule has 6 heavy (non-hydrogen) atoms. The molecule has 0 heterocycles. The van der Waals surface area contributed by atoms with Gasteiger partial charge in [-0.15, -0.1) is 0 Å². The lowest BCUT2D eigenvalue weighted by atomic mass is 11.7. The molecule has 0 spiro atoms. The highest BCUT2D eigenvalue weighted by atomic mass is 32.2. The molecule has 0 unspecified atom stereocenters. The zero-order valence-corrected chi connectivity index (χ0v) is 4.20. The maximum absolute atomic E-state index is 9.75. The molecule has 0 amide bonds. The molecule has 0 atom stereocenters. The number of hydrogen-bond donors (Lipinski definition) is 1. The van der Waals surface area contributed by atoms with Gasteiger partial charge in [0, 0.05) is 6.26 Å². The Balaban J connectivity index is 3.85. The summed E-state index contributed by atoms with van der Waals surface area (Å²) in [6.07, 6.45) is 0.965. The Morgan fingerprint density at radius 3 is 1.83 bits per heavy atom. The van der Waals surface area contributed by atoms with Crippen molar-refractivity contribution in [3.8, 4) is 0 Å². The number of aliphatic hydroxyl groups excluding tert-OH is 1. The summed E-state index contributed by atoms with van der Waals surface area (Å²) >= 11 is 0. The van der Waals surface area contributed by atoms with E-state index < -0.39 is 15.8 Å². The van der Waals surface area contributed by atoms with Crippen molar-refractivity contribution in [2.75, 3.05) is 12.2 Å². The van der Waals surface area contributed by atoms with E-state index in [9.17, 15) is 8.42 Å². The fraction of sp³-hybridized carbons (Fsp3) is 1.00. The van der Waals surface area contributed by atoms with E-state index in [0.717, 1.165) is 6.26 Å². The molecule has 0 aromatic rings. The van der Waals surface area contributed by atoms with Crippen molar-refractivity contribution in [2.45, 2.75) is 0 Å². The first-order valence-electron chi connectivity index (χ1n) is 1.35. The lowest BCUT2D eigenvalue weighted by Crippen LogP contribution is -1.99. The standard InChI is InChI=1S/C2H6O3S/c1-6(4,5)2-3/h3H,2H2,1H3. The summed E-state index contributed by atoms with van der Waals surface area (Å²) in [6.45, 7) is 0. The molecular weight excluding hydrogens is 104 g/mol. The van der Waals surface area contributed by atoms with Crippen LogP contribution in [-0.2, 0) is 9.84 Å². The van der Waals surface area contributed by atoms with Crippen LogP contribution in [0.2, 0.25) is 0 Å². The van der Waals surface area contributed by atoms with Crippen molar-refractivity contribution < 1.29 is 13.5 Å². The van der Waals surface area contributed by atoms with E-state index in [0.29, 0.717) is 0 Å². The number of rotatable bonds is 1. The number of aliphatic hydroxyl groups is 1. The van der Waals surface area contributed by atoms with Gasteiger partial charge in [-0.05, 0) is 0 Å². The Kier molecular flexibility index (Phi) is 1.55. The normalized spacial score (nSPS) is 11.7. The molecule has 0 aromatic carbocycles. The molecule has 38 valence electrons. The van der Waals surface area contributed by atoms with Crippen LogP contribution in [0.15, 0.2) is 0 Å². The molecule has 0 fully saturated rings. The van der Waals surface area contributed by atoms with E-state index in [1.54, 1.807) is 0 Å². The quantitative estimate of drug-likeness (QED) is 0.470. The summed E-state index contributed by atoms with van der Waals surface area (Å²) < 4.78 is 19.5. The van der Waals surface area contributed by atoms with Crippen LogP contribution < -0.4 is 0 Å². The molecule has 0 saturated carbocycles. The lowest BCUT2D eigenvalue weighted by molar-refractivity contribution is 0.360. The van der Waals surface area contributed by atoms with Crippen molar-refractivity contribution in [1.82, 2.24) is 0 Å². The van der Waals surface area contributed by atoms with Crippen LogP contribution in [0, 0.1) is 0 Å². The summed E-state index contributed by atoms with van der Waals surface area (Å²) in [7, 11) is -3.11. The van der Waals surface area contributed by atoms with E-state index in [-0.39, 0.29) is 0 Å². The van der Waals surface area contributed by atoms with E-state index in [1.165, 1.54) is 0 Å². The van der Waals surface area contributed by atoms with Gasteiger partial charge in [0.2, 0.25) is 0 Å². The second-order valence-corrected chi connectivity index (χ2v) is 3.16. The van der Waals surface area contributed by atoms with Crippen molar-refractivity contribution in [3.63, 3.8) is 0 Å². The third-order valence-electron chi connectivity index (χ3n) is 0.235. The van der Waals surface area contributed by atoms with Gasteiger partial charge in [0.05, 0.1) is 0 Å². The highest BCUT2D eigenvalue weighted by Gasteiger charge is 1.92. The Hall–Kier alpha value is -0.0900. The first-order valence-corrected chi connectivity index (χ1v) is 3.41. The second-order valence-electron chi connectivity index (χ2n) is 1.05. The molecule has 0 aliphatic carbocycles. The fourth-order valence-electron chi connectivity index (χ4n) is 0. The van der Waals surface area contributed by atoms with Crippen LogP contribution in [0.5, 0.6) is 0 Å². The van der Waals surface area contributed by atoms with Crippen molar-refractivity contribution >= 4 is 9.84 Å². The average Bonchev–Trinajstić information content (AvgIpc) is 1.35. The topological polar surface area (TPSA) is 54.4 Å². The van der Waals surface area contributed by atoms with Gasteiger partial charge in [0.25, 0.3) is 0 Å². The number of sulfone groups is 1. The zero-order valence-electron chi connectivity index (χ0n) is 3.38. The highest BCUT2D eigenvalue weighted by molar-refractivity contribution is 7.90. The van der Waals surface area contributed by atoms with Gasteiger partial charge in [-0.2, -0.15) is 0 Å². The third kappa shape index (κ3) is 3.91. The predicted molar refractivity (Wildman–Crippen MR) is 21.9 cm³/mol.